The van der Waals surface area contributed by atoms with Crippen LogP contribution in [0.1, 0.15) is 51.4 Å². The Morgan fingerprint density at radius 1 is 1.00 bits per heavy atom. The van der Waals surface area contributed by atoms with Crippen molar-refractivity contribution in [1.29, 1.82) is 0 Å². The van der Waals surface area contributed by atoms with Crippen LogP contribution in [0.4, 0.5) is 0 Å². The lowest BCUT2D eigenvalue weighted by Gasteiger charge is -2.32. The van der Waals surface area contributed by atoms with Crippen molar-refractivity contribution in [2.24, 2.45) is 17.8 Å². The molecule has 2 N–H and O–H groups in total. The highest BCUT2D eigenvalue weighted by Crippen LogP contribution is 2.38. The Balaban J connectivity index is 1.49. The molecule has 5 nitrogen and oxygen atoms in total. The van der Waals surface area contributed by atoms with Crippen molar-refractivity contribution >= 4 is 11.9 Å². The predicted octanol–water partition coefficient (Wildman–Crippen LogP) is 1.95. The van der Waals surface area contributed by atoms with Crippen molar-refractivity contribution < 1.29 is 19.4 Å². The number of hydrogen-bond donors (Lipinski definition) is 2. The zero-order valence-electron chi connectivity index (χ0n) is 12.4. The molecular weight excluding hydrogens is 270 g/mol. The fourth-order valence-electron chi connectivity index (χ4n) is 3.73. The summed E-state index contributed by atoms with van der Waals surface area (Å²) < 4.78 is 5.78. The quantitative estimate of drug-likeness (QED) is 0.831. The van der Waals surface area contributed by atoms with Crippen molar-refractivity contribution in [2.75, 3.05) is 6.61 Å². The summed E-state index contributed by atoms with van der Waals surface area (Å²) in [6, 6.07) is 0.210. The van der Waals surface area contributed by atoms with Gasteiger partial charge in [-0.1, -0.05) is 6.42 Å². The van der Waals surface area contributed by atoms with Crippen molar-refractivity contribution in [3.05, 3.63) is 0 Å². The summed E-state index contributed by atoms with van der Waals surface area (Å²) in [5.41, 5.74) is 0. The third-order valence-corrected chi connectivity index (χ3v) is 5.20. The molecule has 4 atom stereocenters. The van der Waals surface area contributed by atoms with Crippen molar-refractivity contribution in [1.82, 2.24) is 5.32 Å². The molecule has 0 bridgehead atoms. The molecule has 5 heteroatoms. The number of nitrogens with one attached hydrogen (secondary N) is 1. The molecule has 118 valence electrons. The second kappa shape index (κ2) is 6.34. The lowest BCUT2D eigenvalue weighted by Crippen LogP contribution is -2.45. The van der Waals surface area contributed by atoms with E-state index in [9.17, 15) is 9.59 Å². The minimum absolute atomic E-state index is 0.0578. The summed E-state index contributed by atoms with van der Waals surface area (Å²) in [6.45, 7) is 0.731. The highest BCUT2D eigenvalue weighted by Gasteiger charge is 2.37. The molecule has 3 rings (SSSR count). The van der Waals surface area contributed by atoms with Crippen LogP contribution in [-0.4, -0.2) is 35.7 Å². The van der Waals surface area contributed by atoms with Crippen LogP contribution in [0.2, 0.25) is 0 Å². The highest BCUT2D eigenvalue weighted by molar-refractivity contribution is 5.80. The predicted molar refractivity (Wildman–Crippen MR) is 76.7 cm³/mol. The Bertz CT molecular complexity index is 407. The third-order valence-electron chi connectivity index (χ3n) is 5.20. The van der Waals surface area contributed by atoms with Gasteiger partial charge in [0.25, 0.3) is 0 Å². The third kappa shape index (κ3) is 3.76. The van der Waals surface area contributed by atoms with Crippen molar-refractivity contribution in [3.63, 3.8) is 0 Å². The van der Waals surface area contributed by atoms with E-state index in [0.717, 1.165) is 32.3 Å². The summed E-state index contributed by atoms with van der Waals surface area (Å²) in [6.07, 6.45) is 7.51. The number of carbonyl (C=O) groups excluding carboxylic acids is 1. The minimum Gasteiger partial charge on any atom is -0.481 e. The highest BCUT2D eigenvalue weighted by atomic mass is 16.5. The van der Waals surface area contributed by atoms with Gasteiger partial charge in [0.05, 0.1) is 12.0 Å². The van der Waals surface area contributed by atoms with Crippen LogP contribution in [-0.2, 0) is 14.3 Å². The van der Waals surface area contributed by atoms with Gasteiger partial charge >= 0.3 is 5.97 Å². The SMILES string of the molecule is O=C(O)C1CCCC(C(=O)NC2CCOC(C3CC3)C2)C1. The second-order valence-electron chi connectivity index (χ2n) is 6.88. The van der Waals surface area contributed by atoms with Gasteiger partial charge in [0.15, 0.2) is 0 Å². The zero-order chi connectivity index (χ0) is 14.8. The van der Waals surface area contributed by atoms with Gasteiger partial charge in [-0.3, -0.25) is 9.59 Å². The van der Waals surface area contributed by atoms with E-state index in [2.05, 4.69) is 5.32 Å². The van der Waals surface area contributed by atoms with Gasteiger partial charge in [-0.25, -0.2) is 0 Å². The molecule has 21 heavy (non-hydrogen) atoms. The first-order valence-corrected chi connectivity index (χ1v) is 8.28. The number of amides is 1. The molecule has 1 amide bonds. The van der Waals surface area contributed by atoms with Gasteiger partial charge < -0.3 is 15.2 Å². The number of carboxylic acid groups (broad SMARTS) is 1. The summed E-state index contributed by atoms with van der Waals surface area (Å²) in [5, 5.41) is 12.3. The molecule has 2 aliphatic carbocycles. The molecule has 3 aliphatic rings. The van der Waals surface area contributed by atoms with E-state index < -0.39 is 5.97 Å². The molecule has 1 saturated heterocycles. The Kier molecular flexibility index (Phi) is 4.48. The zero-order valence-corrected chi connectivity index (χ0v) is 12.4. The van der Waals surface area contributed by atoms with E-state index in [1.54, 1.807) is 0 Å². The van der Waals surface area contributed by atoms with E-state index in [0.29, 0.717) is 24.9 Å². The smallest absolute Gasteiger partial charge is 0.306 e. The van der Waals surface area contributed by atoms with Gasteiger partial charge in [0.2, 0.25) is 5.91 Å². The van der Waals surface area contributed by atoms with Gasteiger partial charge in [-0.05, 0) is 50.9 Å². The Morgan fingerprint density at radius 3 is 2.48 bits per heavy atom. The van der Waals surface area contributed by atoms with Crippen LogP contribution in [0.5, 0.6) is 0 Å². The summed E-state index contributed by atoms with van der Waals surface area (Å²) in [4.78, 5) is 23.5. The lowest BCUT2D eigenvalue weighted by atomic mass is 9.81. The van der Waals surface area contributed by atoms with Crippen LogP contribution in [0, 0.1) is 17.8 Å². The number of carboxylic acids is 1. The standard InChI is InChI=1S/C16H25NO4/c18-15(11-2-1-3-12(8-11)16(19)20)17-13-6-7-21-14(9-13)10-4-5-10/h10-14H,1-9H2,(H,17,18)(H,19,20). The number of carbonyl (C=O) groups is 2. The molecule has 1 heterocycles. The first-order chi connectivity index (χ1) is 10.1. The molecule has 2 saturated carbocycles. The van der Waals surface area contributed by atoms with Gasteiger partial charge in [0.1, 0.15) is 0 Å². The van der Waals surface area contributed by atoms with E-state index in [4.69, 9.17) is 9.84 Å². The first kappa shape index (κ1) is 14.8. The molecule has 0 aromatic carbocycles. The van der Waals surface area contributed by atoms with E-state index >= 15 is 0 Å². The van der Waals surface area contributed by atoms with Crippen LogP contribution < -0.4 is 5.32 Å². The van der Waals surface area contributed by atoms with Crippen LogP contribution in [0.25, 0.3) is 0 Å². The van der Waals surface area contributed by atoms with Crippen LogP contribution in [0.3, 0.4) is 0 Å². The molecule has 3 fully saturated rings. The number of rotatable bonds is 4. The van der Waals surface area contributed by atoms with Crippen LogP contribution >= 0.6 is 0 Å². The molecule has 0 aromatic heterocycles. The summed E-state index contributed by atoms with van der Waals surface area (Å²) in [5.74, 6) is -0.462. The summed E-state index contributed by atoms with van der Waals surface area (Å²) in [7, 11) is 0. The molecule has 1 aliphatic heterocycles. The van der Waals surface area contributed by atoms with E-state index in [1.165, 1.54) is 12.8 Å². The monoisotopic (exact) mass is 295 g/mol. The van der Waals surface area contributed by atoms with Gasteiger partial charge in [0, 0.05) is 18.6 Å². The normalized spacial score (nSPS) is 37.0. The van der Waals surface area contributed by atoms with E-state index in [1.807, 2.05) is 0 Å². The Morgan fingerprint density at radius 2 is 1.76 bits per heavy atom. The Labute approximate surface area is 125 Å². The maximum absolute atomic E-state index is 12.4. The van der Waals surface area contributed by atoms with Crippen molar-refractivity contribution in [3.8, 4) is 0 Å². The number of ether oxygens (including phenoxy) is 1. The van der Waals surface area contributed by atoms with Gasteiger partial charge in [-0.2, -0.15) is 0 Å². The fraction of sp³-hybridized carbons (Fsp3) is 0.875. The maximum atomic E-state index is 12.4. The number of aliphatic carboxylic acids is 1. The second-order valence-corrected chi connectivity index (χ2v) is 6.88. The molecule has 0 aromatic rings. The topological polar surface area (TPSA) is 75.6 Å². The molecular formula is C16H25NO4. The van der Waals surface area contributed by atoms with Gasteiger partial charge in [-0.15, -0.1) is 0 Å². The minimum atomic E-state index is -0.757. The Hall–Kier alpha value is -1.10. The average molecular weight is 295 g/mol. The molecule has 0 radical (unpaired) electrons. The maximum Gasteiger partial charge on any atom is 0.306 e. The molecule has 0 spiro atoms. The summed E-state index contributed by atoms with van der Waals surface area (Å²) >= 11 is 0. The largest absolute Gasteiger partial charge is 0.481 e. The lowest BCUT2D eigenvalue weighted by molar-refractivity contribution is -0.144. The van der Waals surface area contributed by atoms with E-state index in [-0.39, 0.29) is 23.8 Å². The van der Waals surface area contributed by atoms with Crippen LogP contribution in [0.15, 0.2) is 0 Å². The molecule has 4 unspecified atom stereocenters. The first-order valence-electron chi connectivity index (χ1n) is 8.28. The van der Waals surface area contributed by atoms with Crippen molar-refractivity contribution in [2.45, 2.75) is 63.5 Å². The fourth-order valence-corrected chi connectivity index (χ4v) is 3.73. The number of hydrogen-bond acceptors (Lipinski definition) is 3. The average Bonchev–Trinajstić information content (AvgIpc) is 3.32.